The van der Waals surface area contributed by atoms with Crippen LogP contribution in [0.25, 0.3) is 0 Å². The number of ether oxygens (including phenoxy) is 2. The lowest BCUT2D eigenvalue weighted by Crippen LogP contribution is -2.57. The molecule has 0 bridgehead atoms. The Morgan fingerprint density at radius 3 is 2.67 bits per heavy atom. The van der Waals surface area contributed by atoms with Gasteiger partial charge in [-0.25, -0.2) is 4.39 Å². The first kappa shape index (κ1) is 15.9. The van der Waals surface area contributed by atoms with Crippen LogP contribution in [-0.4, -0.2) is 30.8 Å². The van der Waals surface area contributed by atoms with E-state index >= 15 is 0 Å². The number of rotatable bonds is 5. The predicted molar refractivity (Wildman–Crippen MR) is 75.1 cm³/mol. The number of carbonyl (C=O) groups excluding carboxylic acids is 1. The van der Waals surface area contributed by atoms with Crippen molar-refractivity contribution in [2.24, 2.45) is 0 Å². The van der Waals surface area contributed by atoms with Crippen molar-refractivity contribution in [1.82, 2.24) is 5.32 Å². The molecule has 21 heavy (non-hydrogen) atoms. The Morgan fingerprint density at radius 2 is 2.19 bits per heavy atom. The van der Waals surface area contributed by atoms with Crippen LogP contribution in [0.5, 0.6) is 11.5 Å². The Kier molecular flexibility index (Phi) is 4.58. The van der Waals surface area contributed by atoms with Gasteiger partial charge in [0.1, 0.15) is 27.9 Å². The van der Waals surface area contributed by atoms with Crippen molar-refractivity contribution in [1.29, 1.82) is 0 Å². The second kappa shape index (κ2) is 6.07. The quantitative estimate of drug-likeness (QED) is 0.816. The van der Waals surface area contributed by atoms with Crippen LogP contribution in [0.15, 0.2) is 6.07 Å². The van der Waals surface area contributed by atoms with Crippen LogP contribution < -0.4 is 10.1 Å². The van der Waals surface area contributed by atoms with Gasteiger partial charge in [0, 0.05) is 18.2 Å². The Morgan fingerprint density at radius 1 is 1.52 bits per heavy atom. The SMILES string of the molecule is COC(=O)C1(NCc2c(F)cc(O)c(Cl)c2OC)CCC1. The summed E-state index contributed by atoms with van der Waals surface area (Å²) in [5.41, 5.74) is -0.619. The molecule has 0 aromatic heterocycles. The van der Waals surface area contributed by atoms with E-state index in [0.717, 1.165) is 12.5 Å². The van der Waals surface area contributed by atoms with Crippen LogP contribution >= 0.6 is 11.6 Å². The molecule has 1 aliphatic carbocycles. The van der Waals surface area contributed by atoms with E-state index < -0.39 is 11.4 Å². The Bertz CT molecular complexity index is 560. The summed E-state index contributed by atoms with van der Waals surface area (Å²) in [6, 6.07) is 0.924. The van der Waals surface area contributed by atoms with Gasteiger partial charge in [-0.05, 0) is 19.3 Å². The van der Waals surface area contributed by atoms with Gasteiger partial charge in [0.25, 0.3) is 0 Å². The van der Waals surface area contributed by atoms with Gasteiger partial charge in [0.05, 0.1) is 14.2 Å². The molecule has 0 unspecified atom stereocenters. The summed E-state index contributed by atoms with van der Waals surface area (Å²) in [5, 5.41) is 12.5. The molecule has 0 aliphatic heterocycles. The molecule has 116 valence electrons. The molecule has 5 nitrogen and oxygen atoms in total. The summed E-state index contributed by atoms with van der Waals surface area (Å²) >= 11 is 5.90. The normalized spacial score (nSPS) is 16.2. The molecular weight excluding hydrogens is 301 g/mol. The fourth-order valence-electron chi connectivity index (χ4n) is 2.44. The zero-order valence-corrected chi connectivity index (χ0v) is 12.6. The number of benzene rings is 1. The number of hydrogen-bond acceptors (Lipinski definition) is 5. The predicted octanol–water partition coefficient (Wildman–Crippen LogP) is 2.38. The summed E-state index contributed by atoms with van der Waals surface area (Å²) in [5.74, 6) is -1.35. The Balaban J connectivity index is 2.24. The van der Waals surface area contributed by atoms with Crippen molar-refractivity contribution in [2.45, 2.75) is 31.3 Å². The first-order chi connectivity index (χ1) is 9.95. The monoisotopic (exact) mass is 317 g/mol. The van der Waals surface area contributed by atoms with Crippen molar-refractivity contribution < 1.29 is 23.8 Å². The molecule has 0 amide bonds. The second-order valence-corrected chi connectivity index (χ2v) is 5.36. The maximum absolute atomic E-state index is 14.0. The minimum atomic E-state index is -0.781. The van der Waals surface area contributed by atoms with Crippen LogP contribution in [-0.2, 0) is 16.1 Å². The van der Waals surface area contributed by atoms with Crippen LogP contribution in [0.3, 0.4) is 0 Å². The summed E-state index contributed by atoms with van der Waals surface area (Å²) in [6.45, 7) is 0.0457. The minimum Gasteiger partial charge on any atom is -0.506 e. The number of esters is 1. The van der Waals surface area contributed by atoms with E-state index in [4.69, 9.17) is 21.1 Å². The molecule has 0 saturated heterocycles. The van der Waals surface area contributed by atoms with Crippen LogP contribution in [0, 0.1) is 5.82 Å². The Labute approximate surface area is 127 Å². The van der Waals surface area contributed by atoms with Gasteiger partial charge in [-0.2, -0.15) is 0 Å². The average molecular weight is 318 g/mol. The van der Waals surface area contributed by atoms with Gasteiger partial charge in [0.15, 0.2) is 0 Å². The topological polar surface area (TPSA) is 67.8 Å². The first-order valence-corrected chi connectivity index (χ1v) is 6.90. The number of phenolic OH excluding ortho intramolecular Hbond substituents is 1. The average Bonchev–Trinajstić information content (AvgIpc) is 2.42. The number of hydrogen-bond donors (Lipinski definition) is 2. The van der Waals surface area contributed by atoms with Crippen molar-refractivity contribution in [3.05, 3.63) is 22.5 Å². The van der Waals surface area contributed by atoms with Crippen molar-refractivity contribution in [2.75, 3.05) is 14.2 Å². The molecule has 1 aromatic rings. The number of carbonyl (C=O) groups is 1. The number of nitrogens with one attached hydrogen (secondary N) is 1. The summed E-state index contributed by atoms with van der Waals surface area (Å²) in [6.07, 6.45) is 2.17. The van der Waals surface area contributed by atoms with Gasteiger partial charge in [-0.3, -0.25) is 10.1 Å². The number of phenols is 1. The first-order valence-electron chi connectivity index (χ1n) is 6.52. The highest BCUT2D eigenvalue weighted by Gasteiger charge is 2.45. The molecule has 0 heterocycles. The van der Waals surface area contributed by atoms with Crippen LogP contribution in [0.4, 0.5) is 4.39 Å². The lowest BCUT2D eigenvalue weighted by atomic mass is 9.76. The van der Waals surface area contributed by atoms with Gasteiger partial charge in [0.2, 0.25) is 0 Å². The second-order valence-electron chi connectivity index (χ2n) is 4.98. The minimum absolute atomic E-state index is 0.0457. The molecule has 1 aliphatic rings. The van der Waals surface area contributed by atoms with Gasteiger partial charge in [-0.1, -0.05) is 11.6 Å². The molecular formula is C14H17ClFNO4. The highest BCUT2D eigenvalue weighted by molar-refractivity contribution is 6.33. The smallest absolute Gasteiger partial charge is 0.326 e. The fourth-order valence-corrected chi connectivity index (χ4v) is 2.69. The molecule has 0 spiro atoms. The van der Waals surface area contributed by atoms with E-state index in [1.54, 1.807) is 0 Å². The van der Waals surface area contributed by atoms with Crippen molar-refractivity contribution in [3.63, 3.8) is 0 Å². The summed E-state index contributed by atoms with van der Waals surface area (Å²) < 4.78 is 23.8. The lowest BCUT2D eigenvalue weighted by molar-refractivity contribution is -0.152. The standard InChI is InChI=1S/C14H17ClFNO4/c1-20-12-8(9(16)6-10(18)11(12)15)7-17-14(4-3-5-14)13(19)21-2/h6,17-18H,3-5,7H2,1-2H3. The van der Waals surface area contributed by atoms with Gasteiger partial charge >= 0.3 is 5.97 Å². The van der Waals surface area contributed by atoms with E-state index in [1.807, 2.05) is 0 Å². The molecule has 1 fully saturated rings. The van der Waals surface area contributed by atoms with E-state index in [9.17, 15) is 14.3 Å². The maximum Gasteiger partial charge on any atom is 0.326 e. The molecule has 1 aromatic carbocycles. The third-order valence-corrected chi connectivity index (χ3v) is 4.21. The van der Waals surface area contributed by atoms with Crippen molar-refractivity contribution >= 4 is 17.6 Å². The van der Waals surface area contributed by atoms with Crippen LogP contribution in [0.2, 0.25) is 5.02 Å². The number of aromatic hydroxyl groups is 1. The largest absolute Gasteiger partial charge is 0.506 e. The fraction of sp³-hybridized carbons (Fsp3) is 0.500. The molecule has 2 rings (SSSR count). The molecule has 0 atom stereocenters. The van der Waals surface area contributed by atoms with E-state index in [0.29, 0.717) is 12.8 Å². The third kappa shape index (κ3) is 2.78. The van der Waals surface area contributed by atoms with Crippen molar-refractivity contribution in [3.8, 4) is 11.5 Å². The summed E-state index contributed by atoms with van der Waals surface area (Å²) in [4.78, 5) is 11.8. The number of halogens is 2. The highest BCUT2D eigenvalue weighted by atomic mass is 35.5. The lowest BCUT2D eigenvalue weighted by Gasteiger charge is -2.39. The molecule has 1 saturated carbocycles. The summed E-state index contributed by atoms with van der Waals surface area (Å²) in [7, 11) is 2.66. The van der Waals surface area contributed by atoms with E-state index in [1.165, 1.54) is 14.2 Å². The zero-order valence-electron chi connectivity index (χ0n) is 11.8. The maximum atomic E-state index is 14.0. The van der Waals surface area contributed by atoms with Gasteiger partial charge < -0.3 is 14.6 Å². The highest BCUT2D eigenvalue weighted by Crippen LogP contribution is 2.39. The molecule has 2 N–H and O–H groups in total. The zero-order chi connectivity index (χ0) is 15.6. The Hall–Kier alpha value is -1.53. The van der Waals surface area contributed by atoms with Crippen LogP contribution in [0.1, 0.15) is 24.8 Å². The third-order valence-electron chi connectivity index (χ3n) is 3.84. The number of methoxy groups -OCH3 is 2. The molecule has 0 radical (unpaired) electrons. The molecule has 7 heteroatoms. The van der Waals surface area contributed by atoms with E-state index in [-0.39, 0.29) is 34.6 Å². The van der Waals surface area contributed by atoms with Gasteiger partial charge in [-0.15, -0.1) is 0 Å². The van der Waals surface area contributed by atoms with E-state index in [2.05, 4.69) is 5.32 Å².